The van der Waals surface area contributed by atoms with Crippen LogP contribution in [0, 0.1) is 34.9 Å². The molecule has 0 spiro atoms. The number of pyridine rings is 1. The third-order valence-corrected chi connectivity index (χ3v) is 5.43. The molecule has 0 bridgehead atoms. The summed E-state index contributed by atoms with van der Waals surface area (Å²) in [6.45, 7) is 1.60. The van der Waals surface area contributed by atoms with Gasteiger partial charge in [-0.25, -0.2) is 22.0 Å². The molecule has 0 radical (unpaired) electrons. The van der Waals surface area contributed by atoms with Gasteiger partial charge in [0.15, 0.2) is 34.8 Å². The van der Waals surface area contributed by atoms with Crippen LogP contribution in [0.25, 0.3) is 39.6 Å². The Bertz CT molecular complexity index is 1510. The van der Waals surface area contributed by atoms with Crippen LogP contribution < -0.4 is 4.74 Å². The second kappa shape index (κ2) is 10.4. The predicted molar refractivity (Wildman–Crippen MR) is 122 cm³/mol. The van der Waals surface area contributed by atoms with Gasteiger partial charge in [0.25, 0.3) is 6.08 Å². The molecule has 0 saturated heterocycles. The van der Waals surface area contributed by atoms with Crippen LogP contribution in [-0.4, -0.2) is 11.6 Å². The minimum atomic E-state index is -1.97. The number of halogens is 8. The van der Waals surface area contributed by atoms with Gasteiger partial charge < -0.3 is 4.74 Å². The first-order valence-electron chi connectivity index (χ1n) is 10.7. The third kappa shape index (κ3) is 4.91. The highest BCUT2D eigenvalue weighted by molar-refractivity contribution is 5.75. The molecule has 0 aliphatic carbocycles. The Labute approximate surface area is 205 Å². The fourth-order valence-electron chi connectivity index (χ4n) is 3.70. The van der Waals surface area contributed by atoms with Crippen molar-refractivity contribution in [1.82, 2.24) is 4.98 Å². The Kier molecular flexibility index (Phi) is 7.28. The summed E-state index contributed by atoms with van der Waals surface area (Å²) in [4.78, 5) is 3.82. The fourth-order valence-corrected chi connectivity index (χ4v) is 3.70. The number of benzene rings is 3. The SMILES string of the molecule is CCOc1ccc(-c2ccc(-c3ccc(-c4ccc(C=C(F)F)cn4)c(F)c3F)c(F)c2F)c(F)c1F. The lowest BCUT2D eigenvalue weighted by molar-refractivity contribution is 0.314. The Balaban J connectivity index is 1.74. The number of rotatable bonds is 6. The minimum Gasteiger partial charge on any atom is -0.491 e. The van der Waals surface area contributed by atoms with E-state index in [0.29, 0.717) is 6.08 Å². The van der Waals surface area contributed by atoms with Crippen LogP contribution in [0.3, 0.4) is 0 Å². The molecule has 0 amide bonds. The van der Waals surface area contributed by atoms with E-state index in [1.54, 1.807) is 6.92 Å². The average molecular weight is 521 g/mol. The lowest BCUT2D eigenvalue weighted by atomic mass is 9.96. The largest absolute Gasteiger partial charge is 0.491 e. The maximum absolute atomic E-state index is 15.0. The highest BCUT2D eigenvalue weighted by atomic mass is 19.3. The topological polar surface area (TPSA) is 22.1 Å². The Hall–Kier alpha value is -4.21. The molecule has 3 aromatic carbocycles. The van der Waals surface area contributed by atoms with Gasteiger partial charge in [-0.15, -0.1) is 0 Å². The monoisotopic (exact) mass is 521 g/mol. The van der Waals surface area contributed by atoms with E-state index in [2.05, 4.69) is 4.98 Å². The van der Waals surface area contributed by atoms with Crippen molar-refractivity contribution < 1.29 is 39.9 Å². The summed E-state index contributed by atoms with van der Waals surface area (Å²) in [5, 5.41) is 0. The summed E-state index contributed by atoms with van der Waals surface area (Å²) < 4.78 is 118. The molecule has 0 atom stereocenters. The summed E-state index contributed by atoms with van der Waals surface area (Å²) in [6, 6.07) is 8.33. The standard InChI is InChI=1S/C27H15F8NO/c1-2-37-20-10-8-17(25(33)27(20)35)15-5-4-14(22(30)23(15)31)16-6-7-18(26(34)24(16)32)19-9-3-13(12-36-19)11-21(28)29/h3-12H,2H2,1H3. The number of hydrogen-bond donors (Lipinski definition) is 0. The number of aromatic nitrogens is 1. The molecule has 0 aliphatic heterocycles. The van der Waals surface area contributed by atoms with E-state index in [0.717, 1.165) is 42.6 Å². The summed E-state index contributed by atoms with van der Waals surface area (Å²) >= 11 is 0. The third-order valence-electron chi connectivity index (χ3n) is 5.43. The van der Waals surface area contributed by atoms with Gasteiger partial charge in [0, 0.05) is 40.1 Å². The molecule has 2 nitrogen and oxygen atoms in total. The zero-order chi connectivity index (χ0) is 26.9. The Morgan fingerprint density at radius 2 is 1.11 bits per heavy atom. The quantitative estimate of drug-likeness (QED) is 0.237. The van der Waals surface area contributed by atoms with Crippen molar-refractivity contribution in [3.8, 4) is 39.3 Å². The molecule has 190 valence electrons. The van der Waals surface area contributed by atoms with Crippen LogP contribution in [0.1, 0.15) is 12.5 Å². The van der Waals surface area contributed by atoms with Gasteiger partial charge in [0.05, 0.1) is 12.3 Å². The average Bonchev–Trinajstić information content (AvgIpc) is 2.87. The molecule has 0 fully saturated rings. The van der Waals surface area contributed by atoms with Gasteiger partial charge in [0.1, 0.15) is 0 Å². The van der Waals surface area contributed by atoms with Crippen molar-refractivity contribution in [2.45, 2.75) is 6.92 Å². The van der Waals surface area contributed by atoms with E-state index in [9.17, 15) is 35.1 Å². The molecule has 1 heterocycles. The molecule has 0 saturated carbocycles. The molecular formula is C27H15F8NO. The summed E-state index contributed by atoms with van der Waals surface area (Å²) in [5.41, 5.74) is -2.94. The number of hydrogen-bond acceptors (Lipinski definition) is 2. The van der Waals surface area contributed by atoms with Crippen LogP contribution in [0.5, 0.6) is 5.75 Å². The zero-order valence-corrected chi connectivity index (χ0v) is 18.9. The van der Waals surface area contributed by atoms with Gasteiger partial charge in [-0.05, 0) is 36.8 Å². The molecule has 0 unspecified atom stereocenters. The maximum atomic E-state index is 15.0. The minimum absolute atomic E-state index is 0.0303. The molecular weight excluding hydrogens is 506 g/mol. The maximum Gasteiger partial charge on any atom is 0.270 e. The molecule has 1 aromatic heterocycles. The van der Waals surface area contributed by atoms with Crippen LogP contribution in [0.15, 0.2) is 60.8 Å². The van der Waals surface area contributed by atoms with E-state index >= 15 is 0 Å². The summed E-state index contributed by atoms with van der Waals surface area (Å²) in [5.74, 6) is -9.44. The first-order valence-corrected chi connectivity index (χ1v) is 10.7. The van der Waals surface area contributed by atoms with Crippen molar-refractivity contribution in [3.05, 3.63) is 101 Å². The predicted octanol–water partition coefficient (Wildman–Crippen LogP) is 8.55. The lowest BCUT2D eigenvalue weighted by Crippen LogP contribution is -2.02. The lowest BCUT2D eigenvalue weighted by Gasteiger charge is -2.13. The fraction of sp³-hybridized carbons (Fsp3) is 0.0741. The molecule has 0 N–H and O–H groups in total. The van der Waals surface area contributed by atoms with Gasteiger partial charge in [-0.1, -0.05) is 24.3 Å². The van der Waals surface area contributed by atoms with E-state index in [-0.39, 0.29) is 23.4 Å². The normalized spacial score (nSPS) is 10.9. The van der Waals surface area contributed by atoms with Gasteiger partial charge in [0.2, 0.25) is 5.82 Å². The van der Waals surface area contributed by atoms with Crippen molar-refractivity contribution in [2.24, 2.45) is 0 Å². The highest BCUT2D eigenvalue weighted by Crippen LogP contribution is 2.37. The summed E-state index contributed by atoms with van der Waals surface area (Å²) in [7, 11) is 0. The second-order valence-corrected chi connectivity index (χ2v) is 7.66. The summed E-state index contributed by atoms with van der Waals surface area (Å²) in [6.07, 6.45) is -0.409. The van der Waals surface area contributed by atoms with Gasteiger partial charge in [-0.2, -0.15) is 13.2 Å². The van der Waals surface area contributed by atoms with Crippen LogP contribution in [0.2, 0.25) is 0 Å². The molecule has 4 aromatic rings. The van der Waals surface area contributed by atoms with E-state index in [4.69, 9.17) is 4.74 Å². The van der Waals surface area contributed by atoms with Crippen molar-refractivity contribution >= 4 is 6.08 Å². The van der Waals surface area contributed by atoms with E-state index in [1.165, 1.54) is 12.1 Å². The molecule has 4 rings (SSSR count). The number of nitrogens with zero attached hydrogens (tertiary/aromatic N) is 1. The molecule has 37 heavy (non-hydrogen) atoms. The highest BCUT2D eigenvalue weighted by Gasteiger charge is 2.24. The molecule has 0 aliphatic rings. The Morgan fingerprint density at radius 3 is 1.57 bits per heavy atom. The van der Waals surface area contributed by atoms with Crippen molar-refractivity contribution in [2.75, 3.05) is 6.61 Å². The first kappa shape index (κ1) is 25.9. The second-order valence-electron chi connectivity index (χ2n) is 7.66. The van der Waals surface area contributed by atoms with Gasteiger partial charge >= 0.3 is 0 Å². The Morgan fingerprint density at radius 1 is 0.649 bits per heavy atom. The molecule has 10 heteroatoms. The first-order chi connectivity index (χ1) is 17.6. The van der Waals surface area contributed by atoms with E-state index in [1.807, 2.05) is 0 Å². The smallest absolute Gasteiger partial charge is 0.270 e. The van der Waals surface area contributed by atoms with Crippen LogP contribution in [-0.2, 0) is 0 Å². The zero-order valence-electron chi connectivity index (χ0n) is 18.9. The van der Waals surface area contributed by atoms with Crippen molar-refractivity contribution in [1.29, 1.82) is 0 Å². The number of ether oxygens (including phenoxy) is 1. The van der Waals surface area contributed by atoms with Crippen LogP contribution >= 0.6 is 0 Å². The van der Waals surface area contributed by atoms with Gasteiger partial charge in [-0.3, -0.25) is 4.98 Å². The van der Waals surface area contributed by atoms with Crippen LogP contribution in [0.4, 0.5) is 35.1 Å². The van der Waals surface area contributed by atoms with E-state index < -0.39 is 69.0 Å². The van der Waals surface area contributed by atoms with Crippen molar-refractivity contribution in [3.63, 3.8) is 0 Å².